The van der Waals surface area contributed by atoms with Gasteiger partial charge in [0.2, 0.25) is 0 Å². The third-order valence-electron chi connectivity index (χ3n) is 14.3. The molecular weight excluding hydrogens is 769 g/mol. The average Bonchev–Trinajstić information content (AvgIpc) is 3.34. The molecule has 64 heavy (non-hydrogen) atoms. The van der Waals surface area contributed by atoms with Crippen LogP contribution >= 0.6 is 0 Å². The molecule has 4 aliphatic rings. The zero-order chi connectivity index (χ0) is 44.4. The summed E-state index contributed by atoms with van der Waals surface area (Å²) < 4.78 is 0. The Labute approximate surface area is 381 Å². The number of fused-ring (bicyclic) bond motifs is 3. The molecule has 314 valence electrons. The van der Waals surface area contributed by atoms with Gasteiger partial charge in [0.1, 0.15) is 0 Å². The van der Waals surface area contributed by atoms with Gasteiger partial charge in [-0.25, -0.2) is 0 Å². The molecule has 0 heterocycles. The van der Waals surface area contributed by atoms with E-state index in [1.165, 1.54) is 105 Å². The van der Waals surface area contributed by atoms with E-state index >= 15 is 0 Å². The summed E-state index contributed by atoms with van der Waals surface area (Å²) in [4.78, 5) is 0. The summed E-state index contributed by atoms with van der Waals surface area (Å²) in [5.41, 5.74) is 26.2. The van der Waals surface area contributed by atoms with E-state index in [9.17, 15) is 0 Å². The molecule has 0 aromatic heterocycles. The smallest absolute Gasteiger partial charge is 0.0206 e. The van der Waals surface area contributed by atoms with Crippen LogP contribution in [0.15, 0.2) is 250 Å². The molecule has 0 saturated heterocycles. The molecule has 0 saturated carbocycles. The second-order valence-corrected chi connectivity index (χ2v) is 18.2. The summed E-state index contributed by atoms with van der Waals surface area (Å²) in [6.07, 6.45) is 35.7. The van der Waals surface area contributed by atoms with Crippen LogP contribution in [-0.2, 0) is 12.8 Å². The lowest BCUT2D eigenvalue weighted by molar-refractivity contribution is 0.534. The molecule has 0 N–H and O–H groups in total. The zero-order valence-electron chi connectivity index (χ0n) is 38.5. The summed E-state index contributed by atoms with van der Waals surface area (Å²) in [5.74, 6) is 0.437. The third-order valence-corrected chi connectivity index (χ3v) is 14.3. The van der Waals surface area contributed by atoms with Crippen LogP contribution in [0.4, 0.5) is 0 Å². The van der Waals surface area contributed by atoms with Gasteiger partial charge in [0.15, 0.2) is 0 Å². The predicted molar refractivity (Wildman–Crippen MR) is 275 cm³/mol. The fraction of sp³-hybridized carbons (Fsp3) is 0.188. The molecule has 2 unspecified atom stereocenters. The lowest BCUT2D eigenvalue weighted by Gasteiger charge is -2.37. The van der Waals surface area contributed by atoms with Gasteiger partial charge in [-0.2, -0.15) is 0 Å². The summed E-state index contributed by atoms with van der Waals surface area (Å²) in [5, 5.41) is 5.26. The minimum Gasteiger partial charge on any atom is -0.0877 e. The molecule has 5 aromatic carbocycles. The molecule has 4 aliphatic carbocycles. The maximum atomic E-state index is 3.34. The molecular formula is C64H58. The number of hydrogen-bond acceptors (Lipinski definition) is 0. The van der Waals surface area contributed by atoms with E-state index in [2.05, 4.69) is 248 Å². The first kappa shape index (κ1) is 42.4. The fourth-order valence-corrected chi connectivity index (χ4v) is 10.3. The largest absolute Gasteiger partial charge is 0.0877 e. The Bertz CT molecular complexity index is 3110. The third kappa shape index (κ3) is 7.86. The lowest BCUT2D eigenvalue weighted by Crippen LogP contribution is -2.24. The fourth-order valence-electron chi connectivity index (χ4n) is 10.3. The number of hydrogen-bond donors (Lipinski definition) is 0. The SMILES string of the molecule is C/C=C\C=C/Cc1c2ccccc2c(-c2ccc(C\C=C/C3=C(\C)C(C)(C)\C(C)=C\C(C4=C5C=CC=CC5C(c5ccccc5)C5=C4C=C=C=C5)=C/C=C\3C)c(C)c2)c2ccccc12. The molecule has 5 aromatic rings. The first-order valence-corrected chi connectivity index (χ1v) is 23.0. The molecule has 0 aliphatic heterocycles. The van der Waals surface area contributed by atoms with Crippen LogP contribution in [0.25, 0.3) is 32.7 Å². The van der Waals surface area contributed by atoms with E-state index < -0.39 is 0 Å². The lowest BCUT2D eigenvalue weighted by atomic mass is 9.65. The zero-order valence-corrected chi connectivity index (χ0v) is 38.5. The standard InChI is InChI=1S/C64H58/c1-8-9-10-14-27-52-53-28-15-17-30-55(53)62(56-31-18-16-29-54(52)56)49-40-39-47(44(3)41-49)26-23-36-51-43(2)37-38-50(42-45(4)64(6,7)46(51)5)63-59-34-21-19-32-57(59)61(48-24-12-11-13-25-48)58-33-20-22-35-60(58)63/h8-19,21,23-25,28-42,57,61H,26-27H2,1-7H3/b9-8-,14-10-,36-23-,43-37-,45-42+,50-38+,51-46-. The summed E-state index contributed by atoms with van der Waals surface area (Å²) in [7, 11) is 0. The second-order valence-electron chi connectivity index (χ2n) is 18.2. The van der Waals surface area contributed by atoms with Crippen LogP contribution in [0, 0.1) is 18.3 Å². The van der Waals surface area contributed by atoms with Crippen LogP contribution in [0.2, 0.25) is 0 Å². The van der Waals surface area contributed by atoms with Gasteiger partial charge in [-0.3, -0.25) is 0 Å². The van der Waals surface area contributed by atoms with Crippen molar-refractivity contribution in [2.45, 2.75) is 67.2 Å². The minimum atomic E-state index is -0.173. The van der Waals surface area contributed by atoms with Gasteiger partial charge in [0.25, 0.3) is 0 Å². The molecule has 0 heteroatoms. The topological polar surface area (TPSA) is 0 Å². The van der Waals surface area contributed by atoms with Gasteiger partial charge in [-0.1, -0.05) is 213 Å². The minimum absolute atomic E-state index is 0.173. The maximum Gasteiger partial charge on any atom is 0.0206 e. The van der Waals surface area contributed by atoms with E-state index in [-0.39, 0.29) is 17.3 Å². The van der Waals surface area contributed by atoms with E-state index in [1.54, 1.807) is 0 Å². The van der Waals surface area contributed by atoms with Crippen molar-refractivity contribution in [1.82, 2.24) is 0 Å². The van der Waals surface area contributed by atoms with Crippen molar-refractivity contribution in [3.05, 3.63) is 272 Å². The second kappa shape index (κ2) is 18.0. The summed E-state index contributed by atoms with van der Waals surface area (Å²) in [6, 6.07) is 36.0. The molecule has 2 atom stereocenters. The first-order valence-electron chi connectivity index (χ1n) is 23.0. The molecule has 0 amide bonds. The van der Waals surface area contributed by atoms with Crippen LogP contribution < -0.4 is 0 Å². The predicted octanol–water partition coefficient (Wildman–Crippen LogP) is 16.9. The van der Waals surface area contributed by atoms with Gasteiger partial charge in [-0.05, 0) is 154 Å². The number of rotatable bonds is 9. The Morgan fingerprint density at radius 3 is 2.11 bits per heavy atom. The highest BCUT2D eigenvalue weighted by Gasteiger charge is 2.37. The van der Waals surface area contributed by atoms with Crippen LogP contribution in [-0.4, -0.2) is 0 Å². The van der Waals surface area contributed by atoms with Gasteiger partial charge in [0, 0.05) is 17.3 Å². The van der Waals surface area contributed by atoms with Crippen molar-refractivity contribution in [3.8, 4) is 11.1 Å². The normalized spacial score (nSPS) is 23.0. The van der Waals surface area contributed by atoms with Gasteiger partial charge >= 0.3 is 0 Å². The van der Waals surface area contributed by atoms with Crippen LogP contribution in [0.3, 0.4) is 0 Å². The van der Waals surface area contributed by atoms with Gasteiger partial charge in [-0.15, -0.1) is 0 Å². The van der Waals surface area contributed by atoms with Crippen molar-refractivity contribution < 1.29 is 0 Å². The Kier molecular flexibility index (Phi) is 11.9. The summed E-state index contributed by atoms with van der Waals surface area (Å²) in [6.45, 7) is 16.0. The van der Waals surface area contributed by atoms with Crippen molar-refractivity contribution in [1.29, 1.82) is 0 Å². The van der Waals surface area contributed by atoms with Gasteiger partial charge in [0.05, 0.1) is 0 Å². The van der Waals surface area contributed by atoms with Gasteiger partial charge < -0.3 is 0 Å². The number of benzene rings is 5. The van der Waals surface area contributed by atoms with Crippen molar-refractivity contribution >= 4 is 21.5 Å². The van der Waals surface area contributed by atoms with E-state index in [1.807, 2.05) is 0 Å². The molecule has 0 radical (unpaired) electrons. The highest BCUT2D eigenvalue weighted by molar-refractivity contribution is 6.15. The first-order chi connectivity index (χ1) is 31.2. The quantitative estimate of drug-likeness (QED) is 0.0789. The Balaban J connectivity index is 1.05. The molecule has 0 nitrogen and oxygen atoms in total. The Morgan fingerprint density at radius 2 is 1.39 bits per heavy atom. The number of aryl methyl sites for hydroxylation is 1. The van der Waals surface area contributed by atoms with E-state index in [0.717, 1.165) is 12.8 Å². The molecule has 9 rings (SSSR count). The highest BCUT2D eigenvalue weighted by Crippen LogP contribution is 2.51. The van der Waals surface area contributed by atoms with Crippen LogP contribution in [0.1, 0.15) is 69.7 Å². The van der Waals surface area contributed by atoms with Crippen LogP contribution in [0.5, 0.6) is 0 Å². The Hall–Kier alpha value is -6.94. The van der Waals surface area contributed by atoms with Crippen molar-refractivity contribution in [2.24, 2.45) is 11.3 Å². The Morgan fingerprint density at radius 1 is 0.688 bits per heavy atom. The molecule has 0 bridgehead atoms. The van der Waals surface area contributed by atoms with E-state index in [0.29, 0.717) is 0 Å². The average molecular weight is 827 g/mol. The van der Waals surface area contributed by atoms with Crippen molar-refractivity contribution in [3.63, 3.8) is 0 Å². The highest BCUT2D eigenvalue weighted by atomic mass is 14.4. The maximum absolute atomic E-state index is 3.34. The summed E-state index contributed by atoms with van der Waals surface area (Å²) >= 11 is 0. The van der Waals surface area contributed by atoms with E-state index in [4.69, 9.17) is 0 Å². The van der Waals surface area contributed by atoms with Crippen molar-refractivity contribution in [2.75, 3.05) is 0 Å². The monoisotopic (exact) mass is 826 g/mol. The number of allylic oxidation sites excluding steroid dienone is 24. The molecule has 0 fully saturated rings. The molecule has 0 spiro atoms.